The van der Waals surface area contributed by atoms with E-state index in [4.69, 9.17) is 31.3 Å². The summed E-state index contributed by atoms with van der Waals surface area (Å²) in [4.78, 5) is 10.7. The molecule has 0 radical (unpaired) electrons. The topological polar surface area (TPSA) is 81.7 Å². The van der Waals surface area contributed by atoms with Gasteiger partial charge in [-0.05, 0) is 38.5 Å². The van der Waals surface area contributed by atoms with Gasteiger partial charge in [0.05, 0.1) is 6.61 Å². The number of esters is 1. The molecule has 0 spiro atoms. The van der Waals surface area contributed by atoms with Gasteiger partial charge in [-0.25, -0.2) is 4.79 Å². The Morgan fingerprint density at radius 1 is 0.909 bits per heavy atom. The first kappa shape index (κ1) is 31.4. The van der Waals surface area contributed by atoms with Crippen molar-refractivity contribution < 1.29 is 36.1 Å². The quantitative estimate of drug-likeness (QED) is 0.144. The third-order valence-electron chi connectivity index (χ3n) is 4.29. The van der Waals surface area contributed by atoms with Crippen LogP contribution in [0.2, 0.25) is 6.04 Å². The van der Waals surface area contributed by atoms with Crippen LogP contribution in [0.3, 0.4) is 0 Å². The molecular weight excluding hydrogens is 460 g/mol. The van der Waals surface area contributed by atoms with Crippen molar-refractivity contribution in [3.8, 4) is 0 Å². The summed E-state index contributed by atoms with van der Waals surface area (Å²) in [7, 11) is -0.524. The molecule has 0 bridgehead atoms. The molecule has 0 atom stereocenters. The van der Waals surface area contributed by atoms with E-state index in [9.17, 15) is 4.79 Å². The number of rotatable bonds is 16. The summed E-state index contributed by atoms with van der Waals surface area (Å²) in [6.07, 6.45) is 3.78. The van der Waals surface area contributed by atoms with Crippen molar-refractivity contribution in [1.82, 2.24) is 0 Å². The summed E-state index contributed by atoms with van der Waals surface area (Å²) >= 11 is 0. The van der Waals surface area contributed by atoms with E-state index < -0.39 is 23.6 Å². The van der Waals surface area contributed by atoms with Gasteiger partial charge in [0.25, 0.3) is 0 Å². The lowest BCUT2D eigenvalue weighted by atomic mass is 10.2. The Morgan fingerprint density at radius 2 is 1.42 bits per heavy atom. The second kappa shape index (κ2) is 18.8. The molecule has 0 aliphatic carbocycles. The number of hydrogen-bond acceptors (Lipinski definition) is 8. The van der Waals surface area contributed by atoms with E-state index in [0.29, 0.717) is 38.9 Å². The number of carbonyl (C=O) groups is 1. The number of hydrogen-bond donors (Lipinski definition) is 0. The highest BCUT2D eigenvalue weighted by Crippen LogP contribution is 2.15. The number of benzene rings is 1. The summed E-state index contributed by atoms with van der Waals surface area (Å²) < 4.78 is 37.6. The molecule has 0 saturated carbocycles. The van der Waals surface area contributed by atoms with Crippen molar-refractivity contribution in [3.63, 3.8) is 0 Å². The average molecular weight is 501 g/mol. The zero-order valence-corrected chi connectivity index (χ0v) is 22.8. The molecule has 0 aliphatic rings. The summed E-state index contributed by atoms with van der Waals surface area (Å²) in [6.45, 7) is 11.2. The molecule has 1 rings (SSSR count). The maximum atomic E-state index is 10.7. The standard InChI is InChI=1S/C14H22O3Si.C9H18O5Si/c1-4-15-18(16-5-2,17-6-3)13-12-14-10-8-7-9-11-14;1-5-9(10)14-7-6-8-15(11-2,12-3)13-4/h7-13H,4-6H2,1-3H3;5H,1,6-8H2,2-4H3. The highest BCUT2D eigenvalue weighted by atomic mass is 28.4. The van der Waals surface area contributed by atoms with Gasteiger partial charge in [-0.3, -0.25) is 0 Å². The van der Waals surface area contributed by atoms with Gasteiger partial charge in [0.15, 0.2) is 0 Å². The van der Waals surface area contributed by atoms with E-state index in [2.05, 4.69) is 6.58 Å². The zero-order chi connectivity index (χ0) is 25.0. The van der Waals surface area contributed by atoms with Gasteiger partial charge in [-0.15, -0.1) is 0 Å². The third-order valence-corrected chi connectivity index (χ3v) is 9.77. The minimum atomic E-state index is -2.66. The van der Waals surface area contributed by atoms with Crippen molar-refractivity contribution in [2.45, 2.75) is 33.2 Å². The number of ether oxygens (including phenoxy) is 1. The Balaban J connectivity index is 0.000000633. The Labute approximate surface area is 201 Å². The third kappa shape index (κ3) is 13.0. The molecule has 0 saturated heterocycles. The smallest absolute Gasteiger partial charge is 0.463 e. The van der Waals surface area contributed by atoms with Crippen molar-refractivity contribution in [2.75, 3.05) is 47.8 Å². The number of carbonyl (C=O) groups excluding carboxylic acids is 1. The average Bonchev–Trinajstić information content (AvgIpc) is 2.85. The maximum Gasteiger partial charge on any atom is 0.529 e. The molecule has 8 nitrogen and oxygen atoms in total. The van der Waals surface area contributed by atoms with E-state index in [0.717, 1.165) is 11.6 Å². The molecule has 1 aromatic carbocycles. The normalized spacial score (nSPS) is 11.7. The summed E-state index contributed by atoms with van der Waals surface area (Å²) in [6, 6.07) is 10.7. The van der Waals surface area contributed by atoms with E-state index in [1.54, 1.807) is 21.3 Å². The molecule has 0 fully saturated rings. The fraction of sp³-hybridized carbons (Fsp3) is 0.522. The van der Waals surface area contributed by atoms with Crippen LogP contribution in [-0.4, -0.2) is 71.3 Å². The molecule has 0 aromatic heterocycles. The molecule has 10 heteroatoms. The van der Waals surface area contributed by atoms with Gasteiger partial charge in [0, 0.05) is 53.3 Å². The van der Waals surface area contributed by atoms with Crippen LogP contribution in [0.1, 0.15) is 32.8 Å². The van der Waals surface area contributed by atoms with Gasteiger partial charge < -0.3 is 31.3 Å². The van der Waals surface area contributed by atoms with Crippen molar-refractivity contribution in [3.05, 3.63) is 54.2 Å². The summed E-state index contributed by atoms with van der Waals surface area (Å²) in [5.41, 5.74) is 3.08. The molecule has 0 unspecified atom stereocenters. The first-order valence-electron chi connectivity index (χ1n) is 11.0. The highest BCUT2D eigenvalue weighted by molar-refractivity contribution is 6.67. The van der Waals surface area contributed by atoms with Crippen LogP contribution in [0.25, 0.3) is 6.08 Å². The maximum absolute atomic E-state index is 10.7. The molecular formula is C23H40O8Si2. The molecule has 0 amide bonds. The predicted octanol–water partition coefficient (Wildman–Crippen LogP) is 4.27. The van der Waals surface area contributed by atoms with Gasteiger partial charge in [-0.2, -0.15) is 0 Å². The second-order valence-corrected chi connectivity index (χ2v) is 11.9. The van der Waals surface area contributed by atoms with E-state index >= 15 is 0 Å². The Bertz CT molecular complexity index is 640. The zero-order valence-electron chi connectivity index (χ0n) is 20.8. The van der Waals surface area contributed by atoms with E-state index in [1.807, 2.05) is 62.9 Å². The minimum Gasteiger partial charge on any atom is -0.463 e. The monoisotopic (exact) mass is 500 g/mol. The summed E-state index contributed by atoms with van der Waals surface area (Å²) in [5, 5.41) is 0. The van der Waals surface area contributed by atoms with Crippen molar-refractivity contribution in [2.24, 2.45) is 0 Å². The van der Waals surface area contributed by atoms with Crippen LogP contribution in [0.5, 0.6) is 0 Å². The molecule has 0 heterocycles. The van der Waals surface area contributed by atoms with E-state index in [1.165, 1.54) is 0 Å². The molecule has 188 valence electrons. The highest BCUT2D eigenvalue weighted by Gasteiger charge is 2.37. The Hall–Kier alpha value is -1.64. The first-order valence-corrected chi connectivity index (χ1v) is 14.7. The van der Waals surface area contributed by atoms with Crippen LogP contribution in [0, 0.1) is 0 Å². The SMILES string of the molecule is C=CC(=O)OCCC[Si](OC)(OC)OC.CCO[Si](C=Cc1ccccc1)(OCC)OCC. The molecule has 0 aliphatic heterocycles. The second-order valence-electron chi connectivity index (χ2n) is 6.42. The lowest BCUT2D eigenvalue weighted by Gasteiger charge is -2.25. The van der Waals surface area contributed by atoms with Gasteiger partial charge in [0.1, 0.15) is 0 Å². The minimum absolute atomic E-state index is 0.315. The molecule has 0 N–H and O–H groups in total. The molecule has 1 aromatic rings. The lowest BCUT2D eigenvalue weighted by Crippen LogP contribution is -2.44. The first-order chi connectivity index (χ1) is 15.9. The Morgan fingerprint density at radius 3 is 1.85 bits per heavy atom. The van der Waals surface area contributed by atoms with Crippen LogP contribution in [-0.2, 0) is 36.1 Å². The van der Waals surface area contributed by atoms with E-state index in [-0.39, 0.29) is 0 Å². The Kier molecular flexibility index (Phi) is 17.8. The largest absolute Gasteiger partial charge is 0.529 e. The van der Waals surface area contributed by atoms with Crippen LogP contribution in [0.15, 0.2) is 48.7 Å². The van der Waals surface area contributed by atoms with Crippen molar-refractivity contribution >= 4 is 29.7 Å². The van der Waals surface area contributed by atoms with Crippen LogP contribution < -0.4 is 0 Å². The lowest BCUT2D eigenvalue weighted by molar-refractivity contribution is -0.137. The van der Waals surface area contributed by atoms with Gasteiger partial charge in [0.2, 0.25) is 0 Å². The van der Waals surface area contributed by atoms with Gasteiger partial charge in [-0.1, -0.05) is 43.0 Å². The fourth-order valence-electron chi connectivity index (χ4n) is 2.71. The van der Waals surface area contributed by atoms with Crippen LogP contribution >= 0.6 is 0 Å². The van der Waals surface area contributed by atoms with Crippen molar-refractivity contribution in [1.29, 1.82) is 0 Å². The molecule has 33 heavy (non-hydrogen) atoms. The van der Waals surface area contributed by atoms with Crippen LogP contribution in [0.4, 0.5) is 0 Å². The fourth-order valence-corrected chi connectivity index (χ4v) is 6.54. The predicted molar refractivity (Wildman–Crippen MR) is 133 cm³/mol. The summed E-state index contributed by atoms with van der Waals surface area (Å²) in [5.74, 6) is -0.422. The van der Waals surface area contributed by atoms with Gasteiger partial charge >= 0.3 is 23.6 Å².